The molecule has 0 amide bonds. The molecule has 0 aliphatic rings. The second kappa shape index (κ2) is 5.29. The van der Waals surface area contributed by atoms with Crippen LogP contribution in [-0.4, -0.2) is 22.6 Å². The van der Waals surface area contributed by atoms with Gasteiger partial charge in [0.2, 0.25) is 0 Å². The molecule has 2 aromatic rings. The van der Waals surface area contributed by atoms with Gasteiger partial charge in [-0.05, 0) is 32.4 Å². The standard InChI is InChI=1S/C16H22N2O2/c1-10(14(17)15(19)20-16(2,3)4)12-9-18-13-8-6-5-7-11(12)13/h5-10,14,18H,17H2,1-4H3/t10-,14-/m1/s1. The summed E-state index contributed by atoms with van der Waals surface area (Å²) in [5.41, 5.74) is 7.63. The number of para-hydroxylation sites is 1. The van der Waals surface area contributed by atoms with Gasteiger partial charge < -0.3 is 15.5 Å². The largest absolute Gasteiger partial charge is 0.459 e. The van der Waals surface area contributed by atoms with Crippen LogP contribution in [0.15, 0.2) is 30.5 Å². The van der Waals surface area contributed by atoms with Gasteiger partial charge in [0.15, 0.2) is 0 Å². The first-order chi connectivity index (χ1) is 9.29. The summed E-state index contributed by atoms with van der Waals surface area (Å²) < 4.78 is 5.36. The molecule has 0 aliphatic carbocycles. The lowest BCUT2D eigenvalue weighted by Gasteiger charge is -2.25. The molecular weight excluding hydrogens is 252 g/mol. The zero-order valence-corrected chi connectivity index (χ0v) is 12.4. The molecule has 1 aromatic heterocycles. The van der Waals surface area contributed by atoms with E-state index in [0.717, 1.165) is 16.5 Å². The second-order valence-electron chi connectivity index (χ2n) is 6.14. The lowest BCUT2D eigenvalue weighted by molar-refractivity contribution is -0.156. The number of nitrogens with one attached hydrogen (secondary N) is 1. The average molecular weight is 274 g/mol. The molecule has 20 heavy (non-hydrogen) atoms. The van der Waals surface area contributed by atoms with Gasteiger partial charge in [0, 0.05) is 23.0 Å². The topological polar surface area (TPSA) is 68.1 Å². The summed E-state index contributed by atoms with van der Waals surface area (Å²) in [4.78, 5) is 15.3. The summed E-state index contributed by atoms with van der Waals surface area (Å²) in [6.07, 6.45) is 1.92. The van der Waals surface area contributed by atoms with Crippen molar-refractivity contribution in [2.75, 3.05) is 0 Å². The summed E-state index contributed by atoms with van der Waals surface area (Å²) in [6.45, 7) is 7.47. The second-order valence-corrected chi connectivity index (χ2v) is 6.14. The first kappa shape index (κ1) is 14.6. The van der Waals surface area contributed by atoms with Crippen molar-refractivity contribution in [1.82, 2.24) is 4.98 Å². The van der Waals surface area contributed by atoms with E-state index in [4.69, 9.17) is 10.5 Å². The van der Waals surface area contributed by atoms with Gasteiger partial charge in [-0.15, -0.1) is 0 Å². The summed E-state index contributed by atoms with van der Waals surface area (Å²) in [5.74, 6) is -0.476. The van der Waals surface area contributed by atoms with Gasteiger partial charge in [-0.1, -0.05) is 25.1 Å². The molecule has 0 saturated heterocycles. The van der Waals surface area contributed by atoms with E-state index in [1.54, 1.807) is 0 Å². The molecule has 0 spiro atoms. The van der Waals surface area contributed by atoms with Gasteiger partial charge in [0.1, 0.15) is 11.6 Å². The number of fused-ring (bicyclic) bond motifs is 1. The fraction of sp³-hybridized carbons (Fsp3) is 0.438. The van der Waals surface area contributed by atoms with Crippen LogP contribution < -0.4 is 5.73 Å². The summed E-state index contributed by atoms with van der Waals surface area (Å²) in [5, 5.41) is 1.10. The van der Waals surface area contributed by atoms with Crippen molar-refractivity contribution in [1.29, 1.82) is 0 Å². The molecule has 1 aromatic carbocycles. The smallest absolute Gasteiger partial charge is 0.324 e. The fourth-order valence-electron chi connectivity index (χ4n) is 2.24. The van der Waals surface area contributed by atoms with Crippen molar-refractivity contribution in [3.8, 4) is 0 Å². The maximum absolute atomic E-state index is 12.1. The Morgan fingerprint density at radius 3 is 2.60 bits per heavy atom. The Kier molecular flexibility index (Phi) is 3.86. The minimum Gasteiger partial charge on any atom is -0.459 e. The summed E-state index contributed by atoms with van der Waals surface area (Å²) >= 11 is 0. The minimum atomic E-state index is -0.673. The lowest BCUT2D eigenvalue weighted by Crippen LogP contribution is -2.40. The van der Waals surface area contributed by atoms with Gasteiger partial charge in [0.05, 0.1) is 0 Å². The molecule has 0 saturated carbocycles. The number of carbonyl (C=O) groups is 1. The van der Waals surface area contributed by atoms with Crippen molar-refractivity contribution in [2.45, 2.75) is 45.3 Å². The zero-order valence-electron chi connectivity index (χ0n) is 12.4. The average Bonchev–Trinajstić information content (AvgIpc) is 2.78. The number of aromatic nitrogens is 1. The maximum Gasteiger partial charge on any atom is 0.324 e. The first-order valence-corrected chi connectivity index (χ1v) is 6.84. The molecule has 0 fully saturated rings. The van der Waals surface area contributed by atoms with Gasteiger partial charge in [-0.2, -0.15) is 0 Å². The van der Waals surface area contributed by atoms with E-state index in [1.807, 2.05) is 58.2 Å². The molecule has 108 valence electrons. The van der Waals surface area contributed by atoms with E-state index in [-0.39, 0.29) is 11.9 Å². The highest BCUT2D eigenvalue weighted by Crippen LogP contribution is 2.27. The van der Waals surface area contributed by atoms with Crippen molar-refractivity contribution in [3.05, 3.63) is 36.0 Å². The predicted octanol–water partition coefficient (Wildman–Crippen LogP) is 2.94. The van der Waals surface area contributed by atoms with Crippen molar-refractivity contribution >= 4 is 16.9 Å². The van der Waals surface area contributed by atoms with Crippen LogP contribution in [0.4, 0.5) is 0 Å². The highest BCUT2D eigenvalue weighted by Gasteiger charge is 2.28. The minimum absolute atomic E-state index is 0.110. The summed E-state index contributed by atoms with van der Waals surface area (Å²) in [7, 11) is 0. The van der Waals surface area contributed by atoms with Gasteiger partial charge >= 0.3 is 5.97 Å². The Balaban J connectivity index is 2.22. The van der Waals surface area contributed by atoms with Crippen LogP contribution >= 0.6 is 0 Å². The number of ether oxygens (including phenoxy) is 1. The first-order valence-electron chi connectivity index (χ1n) is 6.84. The number of benzene rings is 1. The third-order valence-electron chi connectivity index (χ3n) is 3.33. The SMILES string of the molecule is C[C@H](c1c[nH]c2ccccc12)[C@@H](N)C(=O)OC(C)(C)C. The van der Waals surface area contributed by atoms with Crippen LogP contribution in [0.2, 0.25) is 0 Å². The molecule has 3 N–H and O–H groups in total. The molecule has 4 heteroatoms. The maximum atomic E-state index is 12.1. The quantitative estimate of drug-likeness (QED) is 0.846. The van der Waals surface area contributed by atoms with Gasteiger partial charge in [-0.25, -0.2) is 0 Å². The number of hydrogen-bond donors (Lipinski definition) is 2. The molecule has 0 unspecified atom stereocenters. The van der Waals surface area contributed by atoms with Crippen LogP contribution in [0.3, 0.4) is 0 Å². The Morgan fingerprint density at radius 2 is 1.95 bits per heavy atom. The molecule has 0 bridgehead atoms. The van der Waals surface area contributed by atoms with E-state index in [2.05, 4.69) is 4.98 Å². The third-order valence-corrected chi connectivity index (χ3v) is 3.33. The Labute approximate surface area is 119 Å². The number of esters is 1. The van der Waals surface area contributed by atoms with Crippen molar-refractivity contribution in [3.63, 3.8) is 0 Å². The molecule has 1 heterocycles. The Morgan fingerprint density at radius 1 is 1.30 bits per heavy atom. The van der Waals surface area contributed by atoms with Crippen molar-refractivity contribution in [2.24, 2.45) is 5.73 Å². The van der Waals surface area contributed by atoms with E-state index in [0.29, 0.717) is 0 Å². The van der Waals surface area contributed by atoms with E-state index in [1.165, 1.54) is 0 Å². The van der Waals surface area contributed by atoms with Crippen LogP contribution in [0.1, 0.15) is 39.2 Å². The van der Waals surface area contributed by atoms with Crippen molar-refractivity contribution < 1.29 is 9.53 Å². The van der Waals surface area contributed by atoms with Crippen LogP contribution in [0, 0.1) is 0 Å². The molecule has 0 aliphatic heterocycles. The highest BCUT2D eigenvalue weighted by molar-refractivity contribution is 5.85. The van der Waals surface area contributed by atoms with E-state index >= 15 is 0 Å². The van der Waals surface area contributed by atoms with E-state index in [9.17, 15) is 4.79 Å². The fourth-order valence-corrected chi connectivity index (χ4v) is 2.24. The molecule has 0 radical (unpaired) electrons. The lowest BCUT2D eigenvalue weighted by atomic mass is 9.93. The van der Waals surface area contributed by atoms with Crippen LogP contribution in [0.25, 0.3) is 10.9 Å². The number of nitrogens with two attached hydrogens (primary N) is 1. The number of carbonyl (C=O) groups excluding carboxylic acids is 1. The van der Waals surface area contributed by atoms with Gasteiger partial charge in [0.25, 0.3) is 0 Å². The number of rotatable bonds is 3. The molecule has 2 rings (SSSR count). The van der Waals surface area contributed by atoms with Gasteiger partial charge in [-0.3, -0.25) is 4.79 Å². The zero-order chi connectivity index (χ0) is 14.9. The number of aromatic amines is 1. The highest BCUT2D eigenvalue weighted by atomic mass is 16.6. The Bertz CT molecular complexity index is 610. The third kappa shape index (κ3) is 3.02. The van der Waals surface area contributed by atoms with Crippen LogP contribution in [0.5, 0.6) is 0 Å². The van der Waals surface area contributed by atoms with Crippen LogP contribution in [-0.2, 0) is 9.53 Å². The Hall–Kier alpha value is -1.81. The van der Waals surface area contributed by atoms with E-state index < -0.39 is 11.6 Å². The normalized spacial score (nSPS) is 15.1. The number of hydrogen-bond acceptors (Lipinski definition) is 3. The molecular formula is C16H22N2O2. The number of H-pyrrole nitrogens is 1. The monoisotopic (exact) mass is 274 g/mol. The molecule has 4 nitrogen and oxygen atoms in total. The predicted molar refractivity (Wildman–Crippen MR) is 80.5 cm³/mol. The summed E-state index contributed by atoms with van der Waals surface area (Å²) in [6, 6.07) is 7.31. The molecule has 2 atom stereocenters.